The first-order chi connectivity index (χ1) is 13.1. The summed E-state index contributed by atoms with van der Waals surface area (Å²) >= 11 is 4.15. The van der Waals surface area contributed by atoms with Crippen LogP contribution in [0.4, 0.5) is 10.8 Å². The van der Waals surface area contributed by atoms with E-state index in [-0.39, 0.29) is 12.5 Å². The van der Waals surface area contributed by atoms with Gasteiger partial charge in [0.15, 0.2) is 5.17 Å². The highest BCUT2D eigenvalue weighted by Crippen LogP contribution is 2.49. The van der Waals surface area contributed by atoms with Crippen molar-refractivity contribution in [2.24, 2.45) is 4.99 Å². The van der Waals surface area contributed by atoms with Crippen LogP contribution in [0.1, 0.15) is 0 Å². The minimum atomic E-state index is -0.502. The molecule has 3 heterocycles. The highest BCUT2D eigenvalue weighted by atomic mass is 32.2. The average molecular weight is 419 g/mol. The zero-order valence-corrected chi connectivity index (χ0v) is 16.9. The van der Waals surface area contributed by atoms with E-state index < -0.39 is 5.97 Å². The normalized spacial score (nSPS) is 20.5. The number of aromatic nitrogens is 1. The van der Waals surface area contributed by atoms with Gasteiger partial charge in [-0.3, -0.25) is 14.5 Å². The van der Waals surface area contributed by atoms with Crippen molar-refractivity contribution >= 4 is 62.7 Å². The van der Waals surface area contributed by atoms with Gasteiger partial charge in [0.1, 0.15) is 11.4 Å². The molecule has 1 aromatic heterocycles. The van der Waals surface area contributed by atoms with E-state index in [9.17, 15) is 9.59 Å². The van der Waals surface area contributed by atoms with E-state index >= 15 is 0 Å². The predicted octanol–water partition coefficient (Wildman–Crippen LogP) is 3.29. The number of nitrogens with zero attached hydrogens (tertiary/aromatic N) is 4. The molecule has 10 heteroatoms. The maximum atomic E-state index is 13.1. The fraction of sp³-hybridized carbons (Fsp3) is 0.176. The Bertz CT molecular complexity index is 972. The molecule has 0 bridgehead atoms. The third-order valence-electron chi connectivity index (χ3n) is 3.92. The highest BCUT2D eigenvalue weighted by Gasteiger charge is 2.40. The second-order valence-corrected chi connectivity index (χ2v) is 8.42. The third kappa shape index (κ3) is 3.35. The van der Waals surface area contributed by atoms with Gasteiger partial charge in [0.2, 0.25) is 5.13 Å². The molecule has 0 unspecified atom stereocenters. The number of anilines is 1. The zero-order valence-electron chi connectivity index (χ0n) is 14.4. The van der Waals surface area contributed by atoms with Gasteiger partial charge in [-0.2, -0.15) is 4.99 Å². The first-order valence-electron chi connectivity index (χ1n) is 7.88. The molecule has 138 valence electrons. The van der Waals surface area contributed by atoms with Crippen LogP contribution in [0, 0.1) is 0 Å². The number of para-hydroxylation sites is 1. The van der Waals surface area contributed by atoms with Crippen LogP contribution in [0.15, 0.2) is 55.7 Å². The van der Waals surface area contributed by atoms with E-state index in [1.807, 2.05) is 41.6 Å². The number of amides is 1. The molecular formula is C17H14N4O3S3. The van der Waals surface area contributed by atoms with E-state index in [0.717, 1.165) is 15.6 Å². The lowest BCUT2D eigenvalue weighted by molar-refractivity contribution is -0.143. The van der Waals surface area contributed by atoms with Crippen LogP contribution in [0.3, 0.4) is 0 Å². The van der Waals surface area contributed by atoms with Crippen LogP contribution in [-0.4, -0.2) is 47.6 Å². The van der Waals surface area contributed by atoms with Gasteiger partial charge in [-0.15, -0.1) is 11.3 Å². The smallest absolute Gasteiger partial charge is 0.325 e. The molecule has 2 aromatic rings. The first kappa shape index (κ1) is 18.1. The molecule has 7 nitrogen and oxygen atoms in total. The number of carbonyl (C=O) groups is 2. The number of methoxy groups -OCH3 is 1. The number of aliphatic imine (C=N–C) groups is 1. The van der Waals surface area contributed by atoms with Crippen molar-refractivity contribution in [3.8, 4) is 0 Å². The van der Waals surface area contributed by atoms with Gasteiger partial charge < -0.3 is 9.64 Å². The number of hydrogen-bond donors (Lipinski definition) is 0. The van der Waals surface area contributed by atoms with Gasteiger partial charge in [0.05, 0.1) is 17.8 Å². The lowest BCUT2D eigenvalue weighted by atomic mass is 10.3. The van der Waals surface area contributed by atoms with Crippen LogP contribution in [0.2, 0.25) is 0 Å². The topological polar surface area (TPSA) is 75.1 Å². The maximum Gasteiger partial charge on any atom is 0.325 e. The summed E-state index contributed by atoms with van der Waals surface area (Å²) in [5.41, 5.74) is 1.04. The van der Waals surface area contributed by atoms with Crippen molar-refractivity contribution in [1.29, 1.82) is 0 Å². The third-order valence-corrected chi connectivity index (χ3v) is 7.02. The van der Waals surface area contributed by atoms with Gasteiger partial charge in [-0.05, 0) is 23.9 Å². The van der Waals surface area contributed by atoms with E-state index in [2.05, 4.69) is 9.98 Å². The Morgan fingerprint density at radius 1 is 1.30 bits per heavy atom. The Hall–Kier alpha value is -2.30. The molecular weight excluding hydrogens is 404 g/mol. The summed E-state index contributed by atoms with van der Waals surface area (Å²) in [5, 5.41) is 3.59. The number of thioether (sulfide) groups is 2. The first-order valence-corrected chi connectivity index (χ1v) is 10.4. The predicted molar refractivity (Wildman–Crippen MR) is 108 cm³/mol. The Morgan fingerprint density at radius 3 is 2.81 bits per heavy atom. The highest BCUT2D eigenvalue weighted by molar-refractivity contribution is 8.19. The summed E-state index contributed by atoms with van der Waals surface area (Å²) < 4.78 is 4.73. The lowest BCUT2D eigenvalue weighted by Gasteiger charge is -2.15. The molecule has 1 amide bonds. The molecule has 0 radical (unpaired) electrons. The van der Waals surface area contributed by atoms with Crippen LogP contribution >= 0.6 is 34.9 Å². The standard InChI is InChI=1S/C17H14N4O3S3/c1-20-10-5-3-4-6-11(10)26-15(20)13-14(23)21(9-12(22)24-2)17(27-13)19-16-18-7-8-25-16/h3-8H,9H2,1-2H3/b15-13+,19-17-. The molecule has 1 fully saturated rings. The number of benzene rings is 1. The SMILES string of the molecule is COC(=O)CN1C(=O)/C(=C2\Sc3ccccc3N2C)S/C1=N\c1nccs1. The van der Waals surface area contributed by atoms with E-state index in [1.165, 1.54) is 46.9 Å². The van der Waals surface area contributed by atoms with Crippen molar-refractivity contribution in [2.75, 3.05) is 25.6 Å². The van der Waals surface area contributed by atoms with Crippen molar-refractivity contribution < 1.29 is 14.3 Å². The molecule has 2 aliphatic rings. The van der Waals surface area contributed by atoms with Gasteiger partial charge >= 0.3 is 5.97 Å². The van der Waals surface area contributed by atoms with Gasteiger partial charge in [-0.1, -0.05) is 23.9 Å². The fourth-order valence-electron chi connectivity index (χ4n) is 2.61. The number of fused-ring (bicyclic) bond motifs is 1. The van der Waals surface area contributed by atoms with Gasteiger partial charge in [0.25, 0.3) is 5.91 Å². The van der Waals surface area contributed by atoms with Crippen molar-refractivity contribution in [2.45, 2.75) is 4.90 Å². The fourth-order valence-corrected chi connectivity index (χ4v) is 5.49. The van der Waals surface area contributed by atoms with Crippen LogP contribution in [-0.2, 0) is 14.3 Å². The Labute approximate surface area is 168 Å². The van der Waals surface area contributed by atoms with Crippen molar-refractivity contribution in [1.82, 2.24) is 9.88 Å². The number of amidine groups is 1. The summed E-state index contributed by atoms with van der Waals surface area (Å²) in [7, 11) is 3.22. The molecule has 0 saturated carbocycles. The number of hydrogen-bond acceptors (Lipinski definition) is 9. The number of carbonyl (C=O) groups excluding carboxylic acids is 2. The maximum absolute atomic E-state index is 13.1. The second-order valence-electron chi connectivity index (χ2n) is 5.54. The minimum Gasteiger partial charge on any atom is -0.468 e. The quantitative estimate of drug-likeness (QED) is 0.559. The van der Waals surface area contributed by atoms with Crippen LogP contribution in [0.5, 0.6) is 0 Å². The molecule has 2 aliphatic heterocycles. The van der Waals surface area contributed by atoms with Gasteiger partial charge in [-0.25, -0.2) is 4.98 Å². The summed E-state index contributed by atoms with van der Waals surface area (Å²) in [6.45, 7) is -0.190. The average Bonchev–Trinajstić information content (AvgIpc) is 3.37. The second kappa shape index (κ2) is 7.37. The largest absolute Gasteiger partial charge is 0.468 e. The van der Waals surface area contributed by atoms with E-state index in [0.29, 0.717) is 15.2 Å². The Morgan fingerprint density at radius 2 is 2.11 bits per heavy atom. The summed E-state index contributed by atoms with van der Waals surface area (Å²) in [5.74, 6) is -0.763. The van der Waals surface area contributed by atoms with E-state index in [4.69, 9.17) is 4.74 Å². The molecule has 0 aliphatic carbocycles. The molecule has 1 saturated heterocycles. The number of ether oxygens (including phenoxy) is 1. The Kier molecular flexibility index (Phi) is 4.94. The van der Waals surface area contributed by atoms with Crippen molar-refractivity contribution in [3.63, 3.8) is 0 Å². The summed E-state index contributed by atoms with van der Waals surface area (Å²) in [6.07, 6.45) is 1.65. The van der Waals surface area contributed by atoms with Crippen molar-refractivity contribution in [3.05, 3.63) is 45.8 Å². The Balaban J connectivity index is 1.73. The summed E-state index contributed by atoms with van der Waals surface area (Å²) in [6, 6.07) is 7.96. The van der Waals surface area contributed by atoms with E-state index in [1.54, 1.807) is 6.20 Å². The monoisotopic (exact) mass is 418 g/mol. The molecule has 27 heavy (non-hydrogen) atoms. The molecule has 0 atom stereocenters. The molecule has 0 N–H and O–H groups in total. The number of thiazole rings is 1. The molecule has 0 spiro atoms. The zero-order chi connectivity index (χ0) is 19.0. The number of esters is 1. The van der Waals surface area contributed by atoms with Crippen LogP contribution < -0.4 is 4.90 Å². The van der Waals surface area contributed by atoms with Crippen LogP contribution in [0.25, 0.3) is 0 Å². The lowest BCUT2D eigenvalue weighted by Crippen LogP contribution is -2.35. The molecule has 4 rings (SSSR count). The number of rotatable bonds is 3. The summed E-state index contributed by atoms with van der Waals surface area (Å²) in [4.78, 5) is 38.4. The van der Waals surface area contributed by atoms with Gasteiger partial charge in [0, 0.05) is 23.5 Å². The minimum absolute atomic E-state index is 0.190. The molecule has 1 aromatic carbocycles.